The van der Waals surface area contributed by atoms with Crippen molar-refractivity contribution in [3.8, 4) is 0 Å². The van der Waals surface area contributed by atoms with Gasteiger partial charge in [0.05, 0.1) is 0 Å². The standard InChI is InChI=1S/C6H5N3.2C2HF3O2/c1-2-4-9-5-7-8-6(9)3-1;2*3-2(4,5)1(6)7/h1-5H;2*(H,6,7). The fourth-order valence-electron chi connectivity index (χ4n) is 0.770. The molecule has 0 atom stereocenters. The summed E-state index contributed by atoms with van der Waals surface area (Å²) in [7, 11) is 0. The Labute approximate surface area is 122 Å². The summed E-state index contributed by atoms with van der Waals surface area (Å²) in [5.41, 5.74) is 0.887. The molecule has 7 nitrogen and oxygen atoms in total. The second-order valence-electron chi connectivity index (χ2n) is 3.40. The Morgan fingerprint density at radius 2 is 1.39 bits per heavy atom. The van der Waals surface area contributed by atoms with Crippen molar-refractivity contribution in [1.29, 1.82) is 0 Å². The van der Waals surface area contributed by atoms with Crippen LogP contribution in [0, 0.1) is 0 Å². The third-order valence-electron chi connectivity index (χ3n) is 1.69. The Balaban J connectivity index is 0.000000322. The number of fused-ring (bicyclic) bond motifs is 1. The van der Waals surface area contributed by atoms with Crippen LogP contribution in [0.1, 0.15) is 0 Å². The number of carbonyl (C=O) groups is 2. The number of carboxylic acids is 2. The number of aromatic nitrogens is 3. The van der Waals surface area contributed by atoms with E-state index in [1.807, 2.05) is 28.8 Å². The monoisotopic (exact) mass is 347 g/mol. The molecule has 13 heteroatoms. The lowest BCUT2D eigenvalue weighted by Gasteiger charge is -1.93. The molecule has 128 valence electrons. The topological polar surface area (TPSA) is 105 Å². The zero-order valence-electron chi connectivity index (χ0n) is 10.7. The molecule has 2 N–H and O–H groups in total. The first-order valence-electron chi connectivity index (χ1n) is 5.20. The summed E-state index contributed by atoms with van der Waals surface area (Å²) in [5.74, 6) is -5.51. The molecule has 0 radical (unpaired) electrons. The quantitative estimate of drug-likeness (QED) is 0.706. The van der Waals surface area contributed by atoms with Gasteiger partial charge in [-0.25, -0.2) is 9.59 Å². The predicted molar refractivity (Wildman–Crippen MR) is 60.4 cm³/mol. The van der Waals surface area contributed by atoms with Crippen molar-refractivity contribution in [2.45, 2.75) is 12.4 Å². The van der Waals surface area contributed by atoms with Gasteiger partial charge in [0.15, 0.2) is 5.65 Å². The molecule has 2 aromatic heterocycles. The zero-order chi connectivity index (χ0) is 18.3. The van der Waals surface area contributed by atoms with Gasteiger partial charge in [-0.05, 0) is 12.1 Å². The summed E-state index contributed by atoms with van der Waals surface area (Å²) in [5, 5.41) is 21.8. The van der Waals surface area contributed by atoms with E-state index in [-0.39, 0.29) is 0 Å². The Morgan fingerprint density at radius 1 is 0.957 bits per heavy atom. The van der Waals surface area contributed by atoms with Crippen molar-refractivity contribution in [3.63, 3.8) is 0 Å². The number of halogens is 6. The molecule has 0 unspecified atom stereocenters. The summed E-state index contributed by atoms with van der Waals surface area (Å²) in [6.07, 6.45) is -6.58. The number of aliphatic carboxylic acids is 2. The molecular weight excluding hydrogens is 340 g/mol. The smallest absolute Gasteiger partial charge is 0.475 e. The fourth-order valence-corrected chi connectivity index (χ4v) is 0.770. The maximum absolute atomic E-state index is 10.6. The third kappa shape index (κ3) is 8.23. The lowest BCUT2D eigenvalue weighted by Crippen LogP contribution is -2.21. The number of rotatable bonds is 0. The molecule has 2 rings (SSSR count). The van der Waals surface area contributed by atoms with Crippen LogP contribution in [-0.2, 0) is 9.59 Å². The van der Waals surface area contributed by atoms with Gasteiger partial charge in [0.1, 0.15) is 6.33 Å². The van der Waals surface area contributed by atoms with Crippen molar-refractivity contribution in [2.75, 3.05) is 0 Å². The average molecular weight is 347 g/mol. The number of hydrogen-bond acceptors (Lipinski definition) is 4. The molecule has 0 aliphatic heterocycles. The summed E-state index contributed by atoms with van der Waals surface area (Å²) in [4.78, 5) is 17.8. The summed E-state index contributed by atoms with van der Waals surface area (Å²) in [6.45, 7) is 0. The van der Waals surface area contributed by atoms with Gasteiger partial charge in [0, 0.05) is 6.20 Å². The predicted octanol–water partition coefficient (Wildman–Crippen LogP) is 2.00. The van der Waals surface area contributed by atoms with E-state index in [1.165, 1.54) is 0 Å². The first-order chi connectivity index (χ1) is 10.4. The van der Waals surface area contributed by atoms with E-state index in [0.29, 0.717) is 0 Å². The highest BCUT2D eigenvalue weighted by Crippen LogP contribution is 2.13. The van der Waals surface area contributed by atoms with Gasteiger partial charge in [-0.3, -0.25) is 4.40 Å². The first-order valence-corrected chi connectivity index (χ1v) is 5.20. The van der Waals surface area contributed by atoms with E-state index in [4.69, 9.17) is 19.8 Å². The molecule has 2 heterocycles. The molecule has 0 bridgehead atoms. The summed E-state index contributed by atoms with van der Waals surface area (Å²) in [6, 6.07) is 5.79. The normalized spacial score (nSPS) is 10.9. The molecule has 2 aromatic rings. The molecule has 0 aromatic carbocycles. The Bertz CT molecular complexity index is 598. The minimum atomic E-state index is -5.08. The molecule has 0 spiro atoms. The van der Waals surface area contributed by atoms with Gasteiger partial charge in [-0.2, -0.15) is 26.3 Å². The van der Waals surface area contributed by atoms with Crippen molar-refractivity contribution in [3.05, 3.63) is 30.7 Å². The van der Waals surface area contributed by atoms with Crippen LogP contribution >= 0.6 is 0 Å². The molecule has 0 amide bonds. The maximum Gasteiger partial charge on any atom is 0.490 e. The molecule has 0 saturated heterocycles. The first kappa shape index (κ1) is 20.1. The lowest BCUT2D eigenvalue weighted by atomic mass is 10.5. The number of pyridine rings is 1. The van der Waals surface area contributed by atoms with Crippen LogP contribution in [0.4, 0.5) is 26.3 Å². The summed E-state index contributed by atoms with van der Waals surface area (Å²) >= 11 is 0. The van der Waals surface area contributed by atoms with Gasteiger partial charge in [-0.1, -0.05) is 6.07 Å². The number of carboxylic acid groups (broad SMARTS) is 2. The fraction of sp³-hybridized carbons (Fsp3) is 0.200. The Hall–Kier alpha value is -2.86. The van der Waals surface area contributed by atoms with E-state index in [1.54, 1.807) is 6.33 Å². The van der Waals surface area contributed by atoms with Gasteiger partial charge < -0.3 is 10.2 Å². The second-order valence-corrected chi connectivity index (χ2v) is 3.40. The number of hydrogen-bond donors (Lipinski definition) is 2. The van der Waals surface area contributed by atoms with Crippen LogP contribution in [0.5, 0.6) is 0 Å². The van der Waals surface area contributed by atoms with Crippen LogP contribution in [-0.4, -0.2) is 49.1 Å². The molecule has 0 fully saturated rings. The molecule has 0 saturated carbocycles. The van der Waals surface area contributed by atoms with Crippen LogP contribution in [0.25, 0.3) is 5.65 Å². The number of nitrogens with zero attached hydrogens (tertiary/aromatic N) is 3. The van der Waals surface area contributed by atoms with E-state index >= 15 is 0 Å². The van der Waals surface area contributed by atoms with Crippen LogP contribution < -0.4 is 0 Å². The average Bonchev–Trinajstić information content (AvgIpc) is 2.86. The Morgan fingerprint density at radius 3 is 1.74 bits per heavy atom. The van der Waals surface area contributed by atoms with Gasteiger partial charge in [0.2, 0.25) is 0 Å². The highest BCUT2D eigenvalue weighted by molar-refractivity contribution is 5.73. The summed E-state index contributed by atoms with van der Waals surface area (Å²) < 4.78 is 65.3. The van der Waals surface area contributed by atoms with E-state index < -0.39 is 24.3 Å². The second kappa shape index (κ2) is 7.95. The van der Waals surface area contributed by atoms with Crippen LogP contribution in [0.15, 0.2) is 30.7 Å². The van der Waals surface area contributed by atoms with Gasteiger partial charge in [0.25, 0.3) is 0 Å². The van der Waals surface area contributed by atoms with E-state index in [0.717, 1.165) is 5.65 Å². The van der Waals surface area contributed by atoms with Crippen LogP contribution in [0.3, 0.4) is 0 Å². The molecule has 0 aliphatic rings. The largest absolute Gasteiger partial charge is 0.490 e. The maximum atomic E-state index is 10.6. The van der Waals surface area contributed by atoms with Crippen LogP contribution in [0.2, 0.25) is 0 Å². The minimum Gasteiger partial charge on any atom is -0.475 e. The van der Waals surface area contributed by atoms with E-state index in [2.05, 4.69) is 10.2 Å². The van der Waals surface area contributed by atoms with Crippen molar-refractivity contribution in [1.82, 2.24) is 14.6 Å². The number of alkyl halides is 6. The minimum absolute atomic E-state index is 0.887. The lowest BCUT2D eigenvalue weighted by molar-refractivity contribution is -0.193. The molecule has 23 heavy (non-hydrogen) atoms. The van der Waals surface area contributed by atoms with Crippen molar-refractivity contribution in [2.24, 2.45) is 0 Å². The molecule has 0 aliphatic carbocycles. The molecular formula is C10H7F6N3O4. The van der Waals surface area contributed by atoms with Crippen molar-refractivity contribution < 1.29 is 46.1 Å². The SMILES string of the molecule is O=C(O)C(F)(F)F.O=C(O)C(F)(F)F.c1ccn2cnnc2c1. The zero-order valence-corrected chi connectivity index (χ0v) is 10.7. The highest BCUT2D eigenvalue weighted by atomic mass is 19.4. The van der Waals surface area contributed by atoms with Crippen molar-refractivity contribution >= 4 is 17.6 Å². The third-order valence-corrected chi connectivity index (χ3v) is 1.69. The Kier molecular flexibility index (Phi) is 6.96. The van der Waals surface area contributed by atoms with E-state index in [9.17, 15) is 26.3 Å². The highest BCUT2D eigenvalue weighted by Gasteiger charge is 2.38. The van der Waals surface area contributed by atoms with Gasteiger partial charge in [-0.15, -0.1) is 10.2 Å². The van der Waals surface area contributed by atoms with Gasteiger partial charge >= 0.3 is 24.3 Å².